The van der Waals surface area contributed by atoms with Gasteiger partial charge in [0.25, 0.3) is 0 Å². The zero-order valence-corrected chi connectivity index (χ0v) is 32.4. The van der Waals surface area contributed by atoms with Crippen LogP contribution in [0.5, 0.6) is 0 Å². The van der Waals surface area contributed by atoms with Gasteiger partial charge in [0, 0.05) is 49.6 Å². The zero-order chi connectivity index (χ0) is 39.6. The van der Waals surface area contributed by atoms with E-state index in [0.717, 1.165) is 38.8 Å². The molecule has 3 heterocycles. The number of nitrogens with zero attached hydrogens (tertiary/aromatic N) is 5. The van der Waals surface area contributed by atoms with Gasteiger partial charge in [0.1, 0.15) is 0 Å². The number of hydrogen-bond donors (Lipinski definition) is 0. The number of hydrogen-bond acceptors (Lipinski definition) is 3. The molecule has 12 rings (SSSR count). The van der Waals surface area contributed by atoms with Crippen molar-refractivity contribution in [3.8, 4) is 56.7 Å². The number of rotatable bonds is 6. The molecule has 0 atom stereocenters. The minimum Gasteiger partial charge on any atom is -0.309 e. The minimum atomic E-state index is 0.645. The topological polar surface area (TPSA) is 48.5 Å². The van der Waals surface area contributed by atoms with E-state index >= 15 is 0 Å². The number of benzene rings is 9. The highest BCUT2D eigenvalue weighted by atomic mass is 15.0. The molecule has 0 fully saturated rings. The van der Waals surface area contributed by atoms with E-state index in [0.29, 0.717) is 17.5 Å². The van der Waals surface area contributed by atoms with Gasteiger partial charge in [-0.25, -0.2) is 15.0 Å². The summed E-state index contributed by atoms with van der Waals surface area (Å²) < 4.78 is 4.78. The molecule has 0 aliphatic rings. The minimum absolute atomic E-state index is 0.645. The Morgan fingerprint density at radius 2 is 0.717 bits per heavy atom. The van der Waals surface area contributed by atoms with E-state index in [2.05, 4.69) is 161 Å². The van der Waals surface area contributed by atoms with Crippen LogP contribution in [-0.2, 0) is 0 Å². The first-order chi connectivity index (χ1) is 29.7. The van der Waals surface area contributed by atoms with Gasteiger partial charge in [-0.3, -0.25) is 0 Å². The molecular formula is C55H35N5. The Bertz CT molecular complexity index is 3530. The first-order valence-corrected chi connectivity index (χ1v) is 20.3. The maximum Gasteiger partial charge on any atom is 0.164 e. The summed E-state index contributed by atoms with van der Waals surface area (Å²) in [7, 11) is 0. The zero-order valence-electron chi connectivity index (χ0n) is 32.4. The second-order valence-corrected chi connectivity index (χ2v) is 15.3. The van der Waals surface area contributed by atoms with E-state index in [1.165, 1.54) is 54.7 Å². The Kier molecular flexibility index (Phi) is 7.78. The lowest BCUT2D eigenvalue weighted by molar-refractivity contribution is 1.07. The normalized spacial score (nSPS) is 11.7. The summed E-state index contributed by atoms with van der Waals surface area (Å²) in [5.74, 6) is 1.95. The number of fused-ring (bicyclic) bond motifs is 7. The van der Waals surface area contributed by atoms with Crippen LogP contribution in [0.2, 0.25) is 0 Å². The van der Waals surface area contributed by atoms with Crippen LogP contribution in [0.25, 0.3) is 111 Å². The Morgan fingerprint density at radius 1 is 0.250 bits per heavy atom. The maximum atomic E-state index is 4.98. The standard InChI is InChI=1S/C55H35N5/c1-4-14-36(15-5-1)53-56-54(37-16-6-2-7-17-37)58-55(57-53)42-25-24-39-33-44(29-26-38(39)32-42)60-49-22-12-10-20-45(49)47-30-27-41(35-52(47)60)40-28-31-51-48(34-40)46-21-11-13-23-50(46)59(51)43-18-8-3-9-19-43/h1-35H. The van der Waals surface area contributed by atoms with E-state index in [-0.39, 0.29) is 0 Å². The van der Waals surface area contributed by atoms with Crippen molar-refractivity contribution in [2.24, 2.45) is 0 Å². The van der Waals surface area contributed by atoms with Crippen molar-refractivity contribution < 1.29 is 0 Å². The molecule has 5 nitrogen and oxygen atoms in total. The van der Waals surface area contributed by atoms with Gasteiger partial charge in [-0.05, 0) is 82.6 Å². The predicted octanol–water partition coefficient (Wildman–Crippen LogP) is 13.9. The molecule has 3 aromatic heterocycles. The van der Waals surface area contributed by atoms with Crippen molar-refractivity contribution in [3.63, 3.8) is 0 Å². The highest BCUT2D eigenvalue weighted by Gasteiger charge is 2.17. The lowest BCUT2D eigenvalue weighted by atomic mass is 10.0. The van der Waals surface area contributed by atoms with Crippen LogP contribution < -0.4 is 0 Å². The second kappa shape index (κ2) is 13.8. The molecule has 280 valence electrons. The van der Waals surface area contributed by atoms with E-state index in [4.69, 9.17) is 15.0 Å². The molecule has 0 saturated heterocycles. The summed E-state index contributed by atoms with van der Waals surface area (Å²) in [6.45, 7) is 0. The average molecular weight is 766 g/mol. The molecule has 0 N–H and O–H groups in total. The van der Waals surface area contributed by atoms with Crippen LogP contribution in [0.4, 0.5) is 0 Å². The van der Waals surface area contributed by atoms with Gasteiger partial charge in [-0.1, -0.05) is 152 Å². The third-order valence-corrected chi connectivity index (χ3v) is 11.7. The number of aromatic nitrogens is 5. The van der Waals surface area contributed by atoms with Gasteiger partial charge in [-0.2, -0.15) is 0 Å². The van der Waals surface area contributed by atoms with Gasteiger partial charge in [0.05, 0.1) is 22.1 Å². The van der Waals surface area contributed by atoms with Crippen LogP contribution in [-0.4, -0.2) is 24.1 Å². The van der Waals surface area contributed by atoms with Crippen LogP contribution in [0.15, 0.2) is 212 Å². The molecule has 0 bridgehead atoms. The summed E-state index contributed by atoms with van der Waals surface area (Å²) in [6, 6.07) is 75.3. The van der Waals surface area contributed by atoms with E-state index in [1.54, 1.807) is 0 Å². The fourth-order valence-electron chi connectivity index (χ4n) is 8.88. The molecule has 0 spiro atoms. The molecule has 0 aliphatic heterocycles. The molecule has 5 heteroatoms. The van der Waals surface area contributed by atoms with Gasteiger partial charge in [0.2, 0.25) is 0 Å². The molecular weight excluding hydrogens is 731 g/mol. The van der Waals surface area contributed by atoms with E-state index in [9.17, 15) is 0 Å². The third-order valence-electron chi connectivity index (χ3n) is 11.7. The predicted molar refractivity (Wildman–Crippen MR) is 248 cm³/mol. The first-order valence-electron chi connectivity index (χ1n) is 20.3. The lowest BCUT2D eigenvalue weighted by Gasteiger charge is -2.12. The highest BCUT2D eigenvalue weighted by molar-refractivity contribution is 6.12. The van der Waals surface area contributed by atoms with E-state index < -0.39 is 0 Å². The Labute approximate surface area is 346 Å². The van der Waals surface area contributed by atoms with Gasteiger partial charge >= 0.3 is 0 Å². The fraction of sp³-hybridized carbons (Fsp3) is 0. The Balaban J connectivity index is 0.972. The molecule has 0 aliphatic carbocycles. The SMILES string of the molecule is c1ccc(-c2nc(-c3ccccc3)nc(-c3ccc4cc(-n5c6ccccc6c6ccc(-c7ccc8c(c7)c7ccccc7n8-c7ccccc7)cc65)ccc4c3)n2)cc1. The molecule has 0 amide bonds. The molecule has 60 heavy (non-hydrogen) atoms. The smallest absolute Gasteiger partial charge is 0.164 e. The van der Waals surface area contributed by atoms with Crippen molar-refractivity contribution >= 4 is 54.4 Å². The quantitative estimate of drug-likeness (QED) is 0.169. The van der Waals surface area contributed by atoms with Crippen molar-refractivity contribution in [3.05, 3.63) is 212 Å². The van der Waals surface area contributed by atoms with Crippen molar-refractivity contribution in [1.82, 2.24) is 24.1 Å². The maximum absolute atomic E-state index is 4.98. The van der Waals surface area contributed by atoms with Gasteiger partial charge in [0.15, 0.2) is 17.5 Å². The summed E-state index contributed by atoms with van der Waals surface area (Å²) in [6.07, 6.45) is 0. The van der Waals surface area contributed by atoms with E-state index in [1.807, 2.05) is 60.7 Å². The van der Waals surface area contributed by atoms with Gasteiger partial charge in [-0.15, -0.1) is 0 Å². The fourth-order valence-corrected chi connectivity index (χ4v) is 8.88. The first kappa shape index (κ1) is 33.9. The lowest BCUT2D eigenvalue weighted by Crippen LogP contribution is -2.00. The van der Waals surface area contributed by atoms with Crippen LogP contribution >= 0.6 is 0 Å². The van der Waals surface area contributed by atoms with Crippen LogP contribution in [0.1, 0.15) is 0 Å². The molecule has 9 aromatic carbocycles. The summed E-state index contributed by atoms with van der Waals surface area (Å²) >= 11 is 0. The molecule has 0 saturated carbocycles. The molecule has 0 radical (unpaired) electrons. The summed E-state index contributed by atoms with van der Waals surface area (Å²) in [5, 5.41) is 7.20. The number of para-hydroxylation sites is 3. The van der Waals surface area contributed by atoms with Crippen molar-refractivity contribution in [2.45, 2.75) is 0 Å². The summed E-state index contributed by atoms with van der Waals surface area (Å²) in [5.41, 5.74) is 12.2. The Hall–Kier alpha value is -8.15. The molecule has 12 aromatic rings. The monoisotopic (exact) mass is 765 g/mol. The Morgan fingerprint density at radius 3 is 1.40 bits per heavy atom. The third kappa shape index (κ3) is 5.59. The van der Waals surface area contributed by atoms with Crippen LogP contribution in [0, 0.1) is 0 Å². The van der Waals surface area contributed by atoms with Crippen LogP contribution in [0.3, 0.4) is 0 Å². The molecule has 0 unspecified atom stereocenters. The van der Waals surface area contributed by atoms with Crippen molar-refractivity contribution in [2.75, 3.05) is 0 Å². The summed E-state index contributed by atoms with van der Waals surface area (Å²) in [4.78, 5) is 14.9. The average Bonchev–Trinajstić information content (AvgIpc) is 3.84. The second-order valence-electron chi connectivity index (χ2n) is 15.3. The van der Waals surface area contributed by atoms with Crippen molar-refractivity contribution in [1.29, 1.82) is 0 Å². The largest absolute Gasteiger partial charge is 0.309 e. The van der Waals surface area contributed by atoms with Gasteiger partial charge < -0.3 is 9.13 Å². The highest BCUT2D eigenvalue weighted by Crippen LogP contribution is 2.39.